The van der Waals surface area contributed by atoms with Crippen LogP contribution >= 0.6 is 11.6 Å². The Morgan fingerprint density at radius 1 is 1.36 bits per heavy atom. The third-order valence-corrected chi connectivity index (χ3v) is 3.05. The topological polar surface area (TPSA) is 12.5 Å². The molecule has 0 radical (unpaired) electrons. The average Bonchev–Trinajstić information content (AvgIpc) is 2.97. The van der Waals surface area contributed by atoms with Gasteiger partial charge < -0.3 is 4.74 Å². The summed E-state index contributed by atoms with van der Waals surface area (Å²) < 4.78 is 5.58. The molecule has 0 saturated carbocycles. The van der Waals surface area contributed by atoms with Crippen LogP contribution in [0.25, 0.3) is 0 Å². The van der Waals surface area contributed by atoms with Gasteiger partial charge in [-0.1, -0.05) is 43.5 Å². The fourth-order valence-electron chi connectivity index (χ4n) is 1.76. The van der Waals surface area contributed by atoms with Crippen LogP contribution in [0.4, 0.5) is 0 Å². The van der Waals surface area contributed by atoms with Crippen molar-refractivity contribution in [2.75, 3.05) is 6.61 Å². The van der Waals surface area contributed by atoms with Gasteiger partial charge >= 0.3 is 0 Å². The molecule has 1 fully saturated rings. The molecule has 0 spiro atoms. The summed E-state index contributed by atoms with van der Waals surface area (Å²) in [7, 11) is 0. The highest BCUT2D eigenvalue weighted by molar-refractivity contribution is 6.30. The maximum atomic E-state index is 5.85. The Bertz CT molecular complexity index is 301. The molecule has 1 unspecified atom stereocenters. The lowest BCUT2D eigenvalue weighted by Crippen LogP contribution is -2.07. The molecule has 0 bridgehead atoms. The molecule has 1 aliphatic heterocycles. The molecule has 1 aromatic carbocycles. The van der Waals surface area contributed by atoms with E-state index < -0.39 is 0 Å². The van der Waals surface area contributed by atoms with Gasteiger partial charge in [0.2, 0.25) is 0 Å². The number of halogens is 1. The van der Waals surface area contributed by atoms with Crippen molar-refractivity contribution in [1.82, 2.24) is 0 Å². The molecule has 0 aromatic heterocycles. The highest BCUT2D eigenvalue weighted by Gasteiger charge is 2.45. The molecule has 1 aliphatic rings. The van der Waals surface area contributed by atoms with E-state index >= 15 is 0 Å². The van der Waals surface area contributed by atoms with Gasteiger partial charge in [-0.2, -0.15) is 0 Å². The fraction of sp³-hybridized carbons (Fsp3) is 0.500. The van der Waals surface area contributed by atoms with E-state index in [2.05, 4.69) is 19.1 Å². The van der Waals surface area contributed by atoms with E-state index in [4.69, 9.17) is 16.3 Å². The van der Waals surface area contributed by atoms with Gasteiger partial charge in [-0.25, -0.2) is 0 Å². The smallest absolute Gasteiger partial charge is 0.117 e. The molecule has 1 heterocycles. The van der Waals surface area contributed by atoms with Gasteiger partial charge in [0, 0.05) is 5.02 Å². The average molecular weight is 211 g/mol. The minimum Gasteiger partial charge on any atom is -0.365 e. The van der Waals surface area contributed by atoms with Crippen LogP contribution < -0.4 is 0 Å². The maximum absolute atomic E-state index is 5.85. The monoisotopic (exact) mass is 210 g/mol. The minimum atomic E-state index is 0.0284. The zero-order chi connectivity index (χ0) is 10.0. The van der Waals surface area contributed by atoms with Gasteiger partial charge in [0.25, 0.3) is 0 Å². The third-order valence-electron chi connectivity index (χ3n) is 2.80. The van der Waals surface area contributed by atoms with Gasteiger partial charge in [-0.15, -0.1) is 0 Å². The maximum Gasteiger partial charge on any atom is 0.117 e. The number of hydrogen-bond acceptors (Lipinski definition) is 1. The van der Waals surface area contributed by atoms with E-state index in [0.717, 1.165) is 18.1 Å². The van der Waals surface area contributed by atoms with E-state index in [1.807, 2.05) is 12.1 Å². The second kappa shape index (κ2) is 3.92. The summed E-state index contributed by atoms with van der Waals surface area (Å²) in [5.74, 6) is 0. The number of unbranched alkanes of at least 4 members (excludes halogenated alkanes) is 1. The molecule has 14 heavy (non-hydrogen) atoms. The Kier molecular flexibility index (Phi) is 2.80. The molecule has 76 valence electrons. The summed E-state index contributed by atoms with van der Waals surface area (Å²) in [5, 5.41) is 0.792. The molecule has 1 nitrogen and oxygen atoms in total. The molecule has 2 heteroatoms. The molecular weight excluding hydrogens is 196 g/mol. The first-order chi connectivity index (χ1) is 6.77. The van der Waals surface area contributed by atoms with Crippen molar-refractivity contribution in [2.45, 2.75) is 31.8 Å². The van der Waals surface area contributed by atoms with E-state index in [9.17, 15) is 0 Å². The third kappa shape index (κ3) is 1.94. The fourth-order valence-corrected chi connectivity index (χ4v) is 1.88. The molecule has 1 atom stereocenters. The van der Waals surface area contributed by atoms with Gasteiger partial charge in [-0.05, 0) is 24.1 Å². The van der Waals surface area contributed by atoms with Crippen molar-refractivity contribution in [3.8, 4) is 0 Å². The van der Waals surface area contributed by atoms with E-state index in [-0.39, 0.29) is 5.60 Å². The predicted molar refractivity (Wildman–Crippen MR) is 58.6 cm³/mol. The van der Waals surface area contributed by atoms with Gasteiger partial charge in [0.15, 0.2) is 0 Å². The van der Waals surface area contributed by atoms with Crippen LogP contribution in [0.5, 0.6) is 0 Å². The molecule has 0 amide bonds. The van der Waals surface area contributed by atoms with Crippen molar-refractivity contribution in [1.29, 1.82) is 0 Å². The van der Waals surface area contributed by atoms with Crippen molar-refractivity contribution in [3.63, 3.8) is 0 Å². The number of epoxide rings is 1. The Labute approximate surface area is 90.0 Å². The standard InChI is InChI=1S/C12H15ClO/c1-2-3-8-12(9-14-12)10-4-6-11(13)7-5-10/h4-7H,2-3,8-9H2,1H3. The zero-order valence-corrected chi connectivity index (χ0v) is 9.18. The Balaban J connectivity index is 2.10. The summed E-state index contributed by atoms with van der Waals surface area (Å²) in [6.07, 6.45) is 3.58. The van der Waals surface area contributed by atoms with Crippen LogP contribution in [-0.2, 0) is 10.3 Å². The SMILES string of the molecule is CCCCC1(c2ccc(Cl)cc2)CO1. The first-order valence-electron chi connectivity index (χ1n) is 5.17. The molecule has 1 aromatic rings. The molecular formula is C12H15ClO. The summed E-state index contributed by atoms with van der Waals surface area (Å²) in [4.78, 5) is 0. The van der Waals surface area contributed by atoms with Crippen LogP contribution in [0.1, 0.15) is 31.7 Å². The lowest BCUT2D eigenvalue weighted by Gasteiger charge is -2.11. The zero-order valence-electron chi connectivity index (χ0n) is 8.42. The molecule has 0 N–H and O–H groups in total. The number of hydrogen-bond donors (Lipinski definition) is 0. The summed E-state index contributed by atoms with van der Waals surface area (Å²) in [6.45, 7) is 3.08. The lowest BCUT2D eigenvalue weighted by molar-refractivity contribution is 0.287. The lowest BCUT2D eigenvalue weighted by atomic mass is 9.94. The highest BCUT2D eigenvalue weighted by atomic mass is 35.5. The van der Waals surface area contributed by atoms with Crippen molar-refractivity contribution in [3.05, 3.63) is 34.9 Å². The highest BCUT2D eigenvalue weighted by Crippen LogP contribution is 2.43. The van der Waals surface area contributed by atoms with E-state index in [1.165, 1.54) is 18.4 Å². The Hall–Kier alpha value is -0.530. The normalized spacial score (nSPS) is 25.0. The number of rotatable bonds is 4. The summed E-state index contributed by atoms with van der Waals surface area (Å²) in [5.41, 5.74) is 1.30. The van der Waals surface area contributed by atoms with Crippen molar-refractivity contribution >= 4 is 11.6 Å². The van der Waals surface area contributed by atoms with Crippen LogP contribution in [0.15, 0.2) is 24.3 Å². The van der Waals surface area contributed by atoms with Gasteiger partial charge in [0.1, 0.15) is 5.60 Å². The number of ether oxygens (including phenoxy) is 1. The van der Waals surface area contributed by atoms with E-state index in [0.29, 0.717) is 0 Å². The molecule has 1 saturated heterocycles. The second-order valence-corrected chi connectivity index (χ2v) is 4.33. The quantitative estimate of drug-likeness (QED) is 0.690. The Morgan fingerprint density at radius 2 is 2.00 bits per heavy atom. The van der Waals surface area contributed by atoms with Crippen LogP contribution in [-0.4, -0.2) is 6.61 Å². The van der Waals surface area contributed by atoms with Crippen LogP contribution in [0, 0.1) is 0 Å². The molecule has 0 aliphatic carbocycles. The van der Waals surface area contributed by atoms with Crippen molar-refractivity contribution < 1.29 is 4.74 Å². The Morgan fingerprint density at radius 3 is 2.50 bits per heavy atom. The summed E-state index contributed by atoms with van der Waals surface area (Å²) in [6, 6.07) is 8.02. The summed E-state index contributed by atoms with van der Waals surface area (Å²) >= 11 is 5.85. The molecule has 2 rings (SSSR count). The first-order valence-corrected chi connectivity index (χ1v) is 5.55. The largest absolute Gasteiger partial charge is 0.365 e. The predicted octanol–water partition coefficient (Wildman–Crippen LogP) is 3.76. The number of benzene rings is 1. The minimum absolute atomic E-state index is 0.0284. The van der Waals surface area contributed by atoms with Crippen LogP contribution in [0.2, 0.25) is 5.02 Å². The second-order valence-electron chi connectivity index (χ2n) is 3.89. The van der Waals surface area contributed by atoms with Crippen LogP contribution in [0.3, 0.4) is 0 Å². The first kappa shape index (κ1) is 10.0. The van der Waals surface area contributed by atoms with Crippen molar-refractivity contribution in [2.24, 2.45) is 0 Å². The van der Waals surface area contributed by atoms with Gasteiger partial charge in [0.05, 0.1) is 6.61 Å². The van der Waals surface area contributed by atoms with Gasteiger partial charge in [-0.3, -0.25) is 0 Å². The van der Waals surface area contributed by atoms with E-state index in [1.54, 1.807) is 0 Å².